The van der Waals surface area contributed by atoms with Crippen LogP contribution in [0.1, 0.15) is 18.1 Å². The van der Waals surface area contributed by atoms with Gasteiger partial charge < -0.3 is 14.9 Å². The quantitative estimate of drug-likeness (QED) is 0.812. The SMILES string of the molecule is CCN(Cc1cccc(B(O)O)c1)c1cccc(C)c1. The Labute approximate surface area is 120 Å². The first-order valence-electron chi connectivity index (χ1n) is 6.86. The predicted octanol–water partition coefficient (Wildman–Crippen LogP) is 1.70. The molecular weight excluding hydrogens is 249 g/mol. The summed E-state index contributed by atoms with van der Waals surface area (Å²) < 4.78 is 0. The van der Waals surface area contributed by atoms with Gasteiger partial charge in [0.1, 0.15) is 0 Å². The predicted molar refractivity (Wildman–Crippen MR) is 84.2 cm³/mol. The molecule has 0 aromatic heterocycles. The van der Waals surface area contributed by atoms with E-state index in [-0.39, 0.29) is 0 Å². The average molecular weight is 269 g/mol. The maximum absolute atomic E-state index is 9.23. The molecule has 3 nitrogen and oxygen atoms in total. The molecule has 2 aromatic rings. The number of hydrogen-bond acceptors (Lipinski definition) is 3. The third kappa shape index (κ3) is 3.62. The topological polar surface area (TPSA) is 43.7 Å². The van der Waals surface area contributed by atoms with Crippen LogP contribution in [0, 0.1) is 6.92 Å². The van der Waals surface area contributed by atoms with Gasteiger partial charge >= 0.3 is 7.12 Å². The molecule has 0 saturated carbocycles. The van der Waals surface area contributed by atoms with E-state index < -0.39 is 7.12 Å². The Kier molecular flexibility index (Phi) is 4.82. The van der Waals surface area contributed by atoms with Crippen LogP contribution in [0.2, 0.25) is 0 Å². The van der Waals surface area contributed by atoms with Crippen molar-refractivity contribution in [3.63, 3.8) is 0 Å². The lowest BCUT2D eigenvalue weighted by Crippen LogP contribution is -2.30. The molecular formula is C16H20BNO2. The second kappa shape index (κ2) is 6.59. The van der Waals surface area contributed by atoms with Crippen LogP contribution in [0.25, 0.3) is 0 Å². The molecule has 2 aromatic carbocycles. The third-order valence-electron chi connectivity index (χ3n) is 3.37. The van der Waals surface area contributed by atoms with Crippen LogP contribution < -0.4 is 10.4 Å². The summed E-state index contributed by atoms with van der Waals surface area (Å²) in [6.07, 6.45) is 0. The van der Waals surface area contributed by atoms with Crippen LogP contribution >= 0.6 is 0 Å². The second-order valence-electron chi connectivity index (χ2n) is 4.97. The molecule has 2 rings (SSSR count). The highest BCUT2D eigenvalue weighted by Gasteiger charge is 2.12. The molecule has 0 saturated heterocycles. The zero-order valence-corrected chi connectivity index (χ0v) is 12.0. The van der Waals surface area contributed by atoms with E-state index in [2.05, 4.69) is 43.0 Å². The molecule has 2 N–H and O–H groups in total. The Morgan fingerprint density at radius 1 is 1.05 bits per heavy atom. The van der Waals surface area contributed by atoms with Gasteiger partial charge in [0.2, 0.25) is 0 Å². The van der Waals surface area contributed by atoms with Gasteiger partial charge in [-0.25, -0.2) is 0 Å². The van der Waals surface area contributed by atoms with Crippen molar-refractivity contribution in [3.05, 3.63) is 59.7 Å². The minimum absolute atomic E-state index is 0.530. The summed E-state index contributed by atoms with van der Waals surface area (Å²) in [7, 11) is -1.41. The van der Waals surface area contributed by atoms with Crippen LogP contribution in [-0.4, -0.2) is 23.7 Å². The summed E-state index contributed by atoms with van der Waals surface area (Å²) >= 11 is 0. The van der Waals surface area contributed by atoms with Gasteiger partial charge in [0.25, 0.3) is 0 Å². The Morgan fingerprint density at radius 3 is 2.45 bits per heavy atom. The summed E-state index contributed by atoms with van der Waals surface area (Å²) in [5, 5.41) is 18.5. The van der Waals surface area contributed by atoms with Crippen molar-refractivity contribution in [1.29, 1.82) is 0 Å². The van der Waals surface area contributed by atoms with Crippen molar-refractivity contribution in [2.24, 2.45) is 0 Å². The number of nitrogens with zero attached hydrogens (tertiary/aromatic N) is 1. The van der Waals surface area contributed by atoms with Crippen LogP contribution in [-0.2, 0) is 6.54 Å². The molecule has 0 atom stereocenters. The van der Waals surface area contributed by atoms with Gasteiger partial charge in [0.15, 0.2) is 0 Å². The summed E-state index contributed by atoms with van der Waals surface area (Å²) in [6.45, 7) is 5.85. The summed E-state index contributed by atoms with van der Waals surface area (Å²) in [6, 6.07) is 15.8. The molecule has 0 heterocycles. The van der Waals surface area contributed by atoms with Gasteiger partial charge in [-0.05, 0) is 42.6 Å². The second-order valence-corrected chi connectivity index (χ2v) is 4.97. The molecule has 0 aliphatic heterocycles. The van der Waals surface area contributed by atoms with Crippen molar-refractivity contribution in [1.82, 2.24) is 0 Å². The van der Waals surface area contributed by atoms with E-state index in [9.17, 15) is 10.0 Å². The van der Waals surface area contributed by atoms with E-state index in [0.717, 1.165) is 18.7 Å². The van der Waals surface area contributed by atoms with Crippen molar-refractivity contribution in [2.75, 3.05) is 11.4 Å². The molecule has 0 aliphatic rings. The zero-order chi connectivity index (χ0) is 14.5. The van der Waals surface area contributed by atoms with Crippen LogP contribution in [0.15, 0.2) is 48.5 Å². The Morgan fingerprint density at radius 2 is 1.80 bits per heavy atom. The van der Waals surface area contributed by atoms with Crippen molar-refractivity contribution < 1.29 is 10.0 Å². The lowest BCUT2D eigenvalue weighted by molar-refractivity contribution is 0.425. The molecule has 0 unspecified atom stereocenters. The van der Waals surface area contributed by atoms with E-state index in [4.69, 9.17) is 0 Å². The number of hydrogen-bond donors (Lipinski definition) is 2. The number of anilines is 1. The normalized spacial score (nSPS) is 10.4. The number of rotatable bonds is 5. The van der Waals surface area contributed by atoms with E-state index >= 15 is 0 Å². The fraction of sp³-hybridized carbons (Fsp3) is 0.250. The third-order valence-corrected chi connectivity index (χ3v) is 3.37. The minimum Gasteiger partial charge on any atom is -0.423 e. The standard InChI is InChI=1S/C16H20BNO2/c1-3-18(16-9-4-6-13(2)10-16)12-14-7-5-8-15(11-14)17(19)20/h4-11,19-20H,3,12H2,1-2H3. The zero-order valence-electron chi connectivity index (χ0n) is 12.0. The first kappa shape index (κ1) is 14.6. The first-order valence-corrected chi connectivity index (χ1v) is 6.86. The van der Waals surface area contributed by atoms with Gasteiger partial charge in [-0.15, -0.1) is 0 Å². The van der Waals surface area contributed by atoms with Crippen molar-refractivity contribution >= 4 is 18.3 Å². The van der Waals surface area contributed by atoms with Crippen LogP contribution in [0.5, 0.6) is 0 Å². The smallest absolute Gasteiger partial charge is 0.423 e. The molecule has 0 spiro atoms. The molecule has 0 radical (unpaired) electrons. The molecule has 0 fully saturated rings. The van der Waals surface area contributed by atoms with E-state index in [1.54, 1.807) is 6.07 Å². The monoisotopic (exact) mass is 269 g/mol. The molecule has 0 bridgehead atoms. The molecule has 4 heteroatoms. The average Bonchev–Trinajstić information content (AvgIpc) is 2.45. The Hall–Kier alpha value is -1.78. The lowest BCUT2D eigenvalue weighted by atomic mass is 9.79. The van der Waals surface area contributed by atoms with Crippen LogP contribution in [0.3, 0.4) is 0 Å². The van der Waals surface area contributed by atoms with Crippen molar-refractivity contribution in [2.45, 2.75) is 20.4 Å². The fourth-order valence-electron chi connectivity index (χ4n) is 2.28. The maximum Gasteiger partial charge on any atom is 0.488 e. The molecule has 20 heavy (non-hydrogen) atoms. The summed E-state index contributed by atoms with van der Waals surface area (Å²) in [5.74, 6) is 0. The highest BCUT2D eigenvalue weighted by Crippen LogP contribution is 2.18. The molecule has 0 aliphatic carbocycles. The van der Waals surface area contributed by atoms with E-state index in [0.29, 0.717) is 5.46 Å². The largest absolute Gasteiger partial charge is 0.488 e. The van der Waals surface area contributed by atoms with Gasteiger partial charge in [-0.2, -0.15) is 0 Å². The summed E-state index contributed by atoms with van der Waals surface area (Å²) in [4.78, 5) is 2.26. The molecule has 0 amide bonds. The highest BCUT2D eigenvalue weighted by molar-refractivity contribution is 6.58. The Balaban J connectivity index is 2.20. The molecule has 104 valence electrons. The number of benzene rings is 2. The van der Waals surface area contributed by atoms with E-state index in [1.165, 1.54) is 11.3 Å². The van der Waals surface area contributed by atoms with Gasteiger partial charge in [-0.3, -0.25) is 0 Å². The van der Waals surface area contributed by atoms with Crippen molar-refractivity contribution in [3.8, 4) is 0 Å². The van der Waals surface area contributed by atoms with Gasteiger partial charge in [0.05, 0.1) is 0 Å². The fourth-order valence-corrected chi connectivity index (χ4v) is 2.28. The minimum atomic E-state index is -1.41. The maximum atomic E-state index is 9.23. The number of aryl methyl sites for hydroxylation is 1. The first-order chi connectivity index (χ1) is 9.60. The summed E-state index contributed by atoms with van der Waals surface area (Å²) in [5.41, 5.74) is 4.02. The van der Waals surface area contributed by atoms with E-state index in [1.807, 2.05) is 18.2 Å². The van der Waals surface area contributed by atoms with Gasteiger partial charge in [0, 0.05) is 18.8 Å². The van der Waals surface area contributed by atoms with Crippen LogP contribution in [0.4, 0.5) is 5.69 Å². The Bertz CT molecular complexity index is 572. The highest BCUT2D eigenvalue weighted by atomic mass is 16.4. The lowest BCUT2D eigenvalue weighted by Gasteiger charge is -2.24. The van der Waals surface area contributed by atoms with Gasteiger partial charge in [-0.1, -0.05) is 36.4 Å².